The predicted molar refractivity (Wildman–Crippen MR) is 67.0 cm³/mol. The van der Waals surface area contributed by atoms with Crippen LogP contribution in [-0.2, 0) is 22.7 Å². The maximum atomic E-state index is 12.1. The molecule has 1 aromatic rings. The number of nitrogens with zero attached hydrogens (tertiary/aromatic N) is 4. The van der Waals surface area contributed by atoms with Gasteiger partial charge in [0.2, 0.25) is 5.91 Å². The normalized spacial score (nSPS) is 12.2. The summed E-state index contributed by atoms with van der Waals surface area (Å²) in [4.78, 5) is 24.2. The lowest BCUT2D eigenvalue weighted by molar-refractivity contribution is -0.146. The summed E-state index contributed by atoms with van der Waals surface area (Å²) in [7, 11) is 0. The molecular weight excluding hydrogens is 250 g/mol. The number of carboxylic acid groups (broad SMARTS) is 1. The number of nitrogens with two attached hydrogens (primary N) is 1. The van der Waals surface area contributed by atoms with Crippen LogP contribution in [0, 0.1) is 0 Å². The van der Waals surface area contributed by atoms with E-state index in [0.717, 1.165) is 0 Å². The van der Waals surface area contributed by atoms with Gasteiger partial charge in [-0.2, -0.15) is 0 Å². The Morgan fingerprint density at radius 1 is 1.58 bits per heavy atom. The van der Waals surface area contributed by atoms with Crippen molar-refractivity contribution in [3.8, 4) is 0 Å². The Kier molecular flexibility index (Phi) is 5.43. The zero-order valence-electron chi connectivity index (χ0n) is 11.1. The fourth-order valence-electron chi connectivity index (χ4n) is 1.59. The van der Waals surface area contributed by atoms with E-state index in [4.69, 9.17) is 10.8 Å². The highest BCUT2D eigenvalue weighted by molar-refractivity contribution is 5.81. The number of carbonyl (C=O) groups is 2. The minimum absolute atomic E-state index is 0.0371. The quantitative estimate of drug-likeness (QED) is 0.686. The number of aliphatic carboxylic acids is 1. The molecule has 0 aliphatic heterocycles. The van der Waals surface area contributed by atoms with E-state index < -0.39 is 5.97 Å². The third-order valence-corrected chi connectivity index (χ3v) is 2.84. The van der Waals surface area contributed by atoms with Crippen LogP contribution in [0.1, 0.15) is 26.0 Å². The molecule has 0 radical (unpaired) electrons. The molecule has 0 saturated carbocycles. The number of rotatable bonds is 7. The maximum absolute atomic E-state index is 12.1. The number of hydrogen-bond acceptors (Lipinski definition) is 5. The molecule has 19 heavy (non-hydrogen) atoms. The molecule has 3 N–H and O–H groups in total. The number of carboxylic acids is 1. The Hall–Kier alpha value is -1.96. The van der Waals surface area contributed by atoms with Crippen molar-refractivity contribution < 1.29 is 14.7 Å². The van der Waals surface area contributed by atoms with Crippen LogP contribution in [0.15, 0.2) is 6.20 Å². The van der Waals surface area contributed by atoms with Crippen molar-refractivity contribution in [1.29, 1.82) is 0 Å². The van der Waals surface area contributed by atoms with Crippen molar-refractivity contribution in [3.05, 3.63) is 11.9 Å². The molecular formula is C11H19N5O3. The molecule has 0 aliphatic carbocycles. The molecule has 0 spiro atoms. The minimum Gasteiger partial charge on any atom is -0.480 e. The molecule has 0 saturated heterocycles. The zero-order chi connectivity index (χ0) is 14.4. The molecule has 1 rings (SSSR count). The van der Waals surface area contributed by atoms with Crippen molar-refractivity contribution >= 4 is 11.9 Å². The molecule has 8 heteroatoms. The summed E-state index contributed by atoms with van der Waals surface area (Å²) in [6.45, 7) is 3.61. The summed E-state index contributed by atoms with van der Waals surface area (Å²) in [5.41, 5.74) is 5.98. The number of amides is 1. The molecule has 0 bridgehead atoms. The van der Waals surface area contributed by atoms with Crippen LogP contribution in [0.2, 0.25) is 0 Å². The molecule has 1 amide bonds. The first kappa shape index (κ1) is 15.1. The van der Waals surface area contributed by atoms with Gasteiger partial charge >= 0.3 is 5.97 Å². The van der Waals surface area contributed by atoms with Crippen molar-refractivity contribution in [1.82, 2.24) is 19.9 Å². The van der Waals surface area contributed by atoms with Gasteiger partial charge in [-0.3, -0.25) is 9.59 Å². The second kappa shape index (κ2) is 6.83. The highest BCUT2D eigenvalue weighted by atomic mass is 16.4. The van der Waals surface area contributed by atoms with Crippen LogP contribution in [-0.4, -0.2) is 49.5 Å². The predicted octanol–water partition coefficient (Wildman–Crippen LogP) is -0.551. The van der Waals surface area contributed by atoms with Gasteiger partial charge in [0, 0.05) is 12.6 Å². The third kappa shape index (κ3) is 4.32. The molecule has 8 nitrogen and oxygen atoms in total. The summed E-state index contributed by atoms with van der Waals surface area (Å²) < 4.78 is 1.36. The van der Waals surface area contributed by atoms with E-state index in [1.807, 2.05) is 13.8 Å². The highest BCUT2D eigenvalue weighted by Crippen LogP contribution is 2.05. The summed E-state index contributed by atoms with van der Waals surface area (Å²) >= 11 is 0. The lowest BCUT2D eigenvalue weighted by Gasteiger charge is -2.26. The molecule has 1 unspecified atom stereocenters. The van der Waals surface area contributed by atoms with Crippen LogP contribution < -0.4 is 5.73 Å². The molecule has 1 heterocycles. The van der Waals surface area contributed by atoms with Gasteiger partial charge in [0.05, 0.1) is 11.9 Å². The van der Waals surface area contributed by atoms with Gasteiger partial charge in [-0.25, -0.2) is 4.68 Å². The first-order valence-corrected chi connectivity index (χ1v) is 6.08. The monoisotopic (exact) mass is 269 g/mol. The van der Waals surface area contributed by atoms with E-state index in [9.17, 15) is 9.59 Å². The average Bonchev–Trinajstić information content (AvgIpc) is 2.82. The Morgan fingerprint density at radius 2 is 2.26 bits per heavy atom. The zero-order valence-corrected chi connectivity index (χ0v) is 11.1. The fourth-order valence-corrected chi connectivity index (χ4v) is 1.59. The van der Waals surface area contributed by atoms with Gasteiger partial charge in [-0.15, -0.1) is 5.10 Å². The van der Waals surface area contributed by atoms with Gasteiger partial charge in [0.25, 0.3) is 0 Å². The SMILES string of the molecule is CCC(C)N(CC(=O)O)C(=O)Cn1cc(CN)nn1. The van der Waals surface area contributed by atoms with Gasteiger partial charge in [0.15, 0.2) is 0 Å². The van der Waals surface area contributed by atoms with Crippen LogP contribution in [0.4, 0.5) is 0 Å². The summed E-state index contributed by atoms with van der Waals surface area (Å²) in [5.74, 6) is -1.33. The Bertz CT molecular complexity index is 445. The molecule has 1 atom stereocenters. The van der Waals surface area contributed by atoms with Crippen molar-refractivity contribution in [2.24, 2.45) is 5.73 Å². The van der Waals surface area contributed by atoms with E-state index in [-0.39, 0.29) is 31.6 Å². The van der Waals surface area contributed by atoms with Crippen molar-refractivity contribution in [3.63, 3.8) is 0 Å². The van der Waals surface area contributed by atoms with Gasteiger partial charge in [-0.05, 0) is 13.3 Å². The summed E-state index contributed by atoms with van der Waals surface area (Å²) in [6.07, 6.45) is 2.26. The Balaban J connectivity index is 2.73. The topological polar surface area (TPSA) is 114 Å². The van der Waals surface area contributed by atoms with E-state index in [1.54, 1.807) is 6.20 Å². The fraction of sp³-hybridized carbons (Fsp3) is 0.636. The van der Waals surface area contributed by atoms with E-state index in [1.165, 1.54) is 9.58 Å². The summed E-state index contributed by atoms with van der Waals surface area (Å²) in [5, 5.41) is 16.4. The first-order chi connectivity index (χ1) is 8.97. The standard InChI is InChI=1S/C11H19N5O3/c1-3-8(2)16(7-11(18)19)10(17)6-15-5-9(4-12)13-14-15/h5,8H,3-4,6-7,12H2,1-2H3,(H,18,19). The molecule has 0 fully saturated rings. The average molecular weight is 269 g/mol. The van der Waals surface area contributed by atoms with E-state index >= 15 is 0 Å². The maximum Gasteiger partial charge on any atom is 0.323 e. The third-order valence-electron chi connectivity index (χ3n) is 2.84. The van der Waals surface area contributed by atoms with Crippen LogP contribution in [0.25, 0.3) is 0 Å². The highest BCUT2D eigenvalue weighted by Gasteiger charge is 2.22. The largest absolute Gasteiger partial charge is 0.480 e. The second-order valence-electron chi connectivity index (χ2n) is 4.28. The van der Waals surface area contributed by atoms with Crippen LogP contribution in [0.5, 0.6) is 0 Å². The van der Waals surface area contributed by atoms with Crippen LogP contribution >= 0.6 is 0 Å². The van der Waals surface area contributed by atoms with Crippen molar-refractivity contribution in [2.45, 2.75) is 39.4 Å². The van der Waals surface area contributed by atoms with Crippen molar-refractivity contribution in [2.75, 3.05) is 6.54 Å². The van der Waals surface area contributed by atoms with E-state index in [0.29, 0.717) is 12.1 Å². The lowest BCUT2D eigenvalue weighted by atomic mass is 10.2. The van der Waals surface area contributed by atoms with Gasteiger partial charge in [-0.1, -0.05) is 12.1 Å². The van der Waals surface area contributed by atoms with Gasteiger partial charge in [0.1, 0.15) is 13.1 Å². The second-order valence-corrected chi connectivity index (χ2v) is 4.28. The lowest BCUT2D eigenvalue weighted by Crippen LogP contribution is -2.43. The Morgan fingerprint density at radius 3 is 2.74 bits per heavy atom. The first-order valence-electron chi connectivity index (χ1n) is 6.08. The molecule has 0 aromatic carbocycles. The number of carbonyl (C=O) groups excluding carboxylic acids is 1. The number of aromatic nitrogens is 3. The Labute approximate surface area is 111 Å². The number of hydrogen-bond donors (Lipinski definition) is 2. The summed E-state index contributed by atoms with van der Waals surface area (Å²) in [6, 6.07) is -0.138. The molecule has 1 aromatic heterocycles. The van der Waals surface area contributed by atoms with E-state index in [2.05, 4.69) is 10.3 Å². The van der Waals surface area contributed by atoms with Crippen LogP contribution in [0.3, 0.4) is 0 Å². The minimum atomic E-state index is -1.03. The molecule has 0 aliphatic rings. The molecule has 106 valence electrons. The van der Waals surface area contributed by atoms with Gasteiger partial charge < -0.3 is 15.7 Å². The smallest absolute Gasteiger partial charge is 0.323 e.